The molecule has 0 amide bonds. The second-order valence-corrected chi connectivity index (χ2v) is 4.45. The van der Waals surface area contributed by atoms with Crippen molar-refractivity contribution in [2.24, 2.45) is 0 Å². The van der Waals surface area contributed by atoms with Crippen molar-refractivity contribution in [2.45, 2.75) is 25.8 Å². The molecule has 2 rings (SSSR count). The van der Waals surface area contributed by atoms with E-state index in [1.807, 2.05) is 0 Å². The van der Waals surface area contributed by atoms with Crippen molar-refractivity contribution in [3.05, 3.63) is 33.3 Å². The maximum absolute atomic E-state index is 4.84. The number of aryl methyl sites for hydroxylation is 1. The Morgan fingerprint density at radius 3 is 3.07 bits per heavy atom. The number of nitrogens with one attached hydrogen (secondary N) is 1. The Balaban J connectivity index is 2.23. The van der Waals surface area contributed by atoms with Gasteiger partial charge in [-0.25, -0.2) is 0 Å². The highest BCUT2D eigenvalue weighted by Gasteiger charge is 2.14. The third kappa shape index (κ3) is 2.00. The lowest BCUT2D eigenvalue weighted by Crippen LogP contribution is -2.11. The van der Waals surface area contributed by atoms with E-state index in [-0.39, 0.29) is 0 Å². The highest BCUT2D eigenvalue weighted by Crippen LogP contribution is 2.30. The summed E-state index contributed by atoms with van der Waals surface area (Å²) in [5.41, 5.74) is 7.12. The molecule has 0 saturated carbocycles. The highest BCUT2D eigenvalue weighted by atomic mass is 79.9. The molecule has 1 aliphatic rings. The molecule has 1 N–H and O–H groups in total. The molecule has 0 atom stereocenters. The maximum Gasteiger partial charge on any atom is 0.0572 e. The lowest BCUT2D eigenvalue weighted by Gasteiger charge is -2.07. The molecule has 0 aliphatic heterocycles. The quantitative estimate of drug-likeness (QED) is 0.839. The normalized spacial score (nSPS) is 14.4. The first-order valence-electron chi connectivity index (χ1n) is 4.87. The number of hydroxylamine groups is 1. The van der Waals surface area contributed by atoms with Crippen molar-refractivity contribution < 1.29 is 4.84 Å². The number of rotatable bonds is 3. The minimum Gasteiger partial charge on any atom is -0.305 e. The Morgan fingerprint density at radius 1 is 1.43 bits per heavy atom. The molecule has 1 aromatic carbocycles. The summed E-state index contributed by atoms with van der Waals surface area (Å²) < 4.78 is 1.25. The summed E-state index contributed by atoms with van der Waals surface area (Å²) >= 11 is 3.62. The van der Waals surface area contributed by atoms with Crippen LogP contribution in [0.4, 0.5) is 0 Å². The summed E-state index contributed by atoms with van der Waals surface area (Å²) in [6.07, 6.45) is 3.72. The van der Waals surface area contributed by atoms with Gasteiger partial charge in [0.05, 0.1) is 7.11 Å². The van der Waals surface area contributed by atoms with Crippen LogP contribution in [0.2, 0.25) is 0 Å². The van der Waals surface area contributed by atoms with Crippen molar-refractivity contribution in [2.75, 3.05) is 7.11 Å². The van der Waals surface area contributed by atoms with Gasteiger partial charge in [0.1, 0.15) is 0 Å². The predicted molar refractivity (Wildman–Crippen MR) is 60.0 cm³/mol. The van der Waals surface area contributed by atoms with Crippen molar-refractivity contribution >= 4 is 15.9 Å². The molecule has 0 unspecified atom stereocenters. The Labute approximate surface area is 92.7 Å². The molecule has 14 heavy (non-hydrogen) atoms. The van der Waals surface area contributed by atoms with E-state index in [1.54, 1.807) is 7.11 Å². The van der Waals surface area contributed by atoms with Crippen LogP contribution in [0.25, 0.3) is 0 Å². The van der Waals surface area contributed by atoms with Crippen LogP contribution in [-0.2, 0) is 24.2 Å². The minimum atomic E-state index is 0.766. The number of halogens is 1. The summed E-state index contributed by atoms with van der Waals surface area (Å²) in [6, 6.07) is 4.45. The average molecular weight is 256 g/mol. The van der Waals surface area contributed by atoms with Gasteiger partial charge in [0.25, 0.3) is 0 Å². The van der Waals surface area contributed by atoms with Crippen LogP contribution in [0.5, 0.6) is 0 Å². The smallest absolute Gasteiger partial charge is 0.0572 e. The Bertz CT molecular complexity index is 338. The minimum absolute atomic E-state index is 0.766. The van der Waals surface area contributed by atoms with Crippen molar-refractivity contribution in [3.63, 3.8) is 0 Å². The molecule has 0 fully saturated rings. The van der Waals surface area contributed by atoms with Gasteiger partial charge in [-0.3, -0.25) is 0 Å². The Morgan fingerprint density at radius 2 is 2.29 bits per heavy atom. The van der Waals surface area contributed by atoms with Crippen LogP contribution in [0.15, 0.2) is 16.6 Å². The lowest BCUT2D eigenvalue weighted by atomic mass is 10.1. The van der Waals surface area contributed by atoms with Crippen molar-refractivity contribution in [1.82, 2.24) is 5.48 Å². The summed E-state index contributed by atoms with van der Waals surface area (Å²) in [5, 5.41) is 0. The summed E-state index contributed by atoms with van der Waals surface area (Å²) in [4.78, 5) is 4.84. The maximum atomic E-state index is 4.84. The fourth-order valence-corrected chi connectivity index (χ4v) is 2.72. The van der Waals surface area contributed by atoms with E-state index in [2.05, 4.69) is 33.5 Å². The zero-order valence-electron chi connectivity index (χ0n) is 8.27. The molecule has 0 heterocycles. The first-order valence-corrected chi connectivity index (χ1v) is 5.66. The van der Waals surface area contributed by atoms with Crippen LogP contribution in [-0.4, -0.2) is 7.11 Å². The topological polar surface area (TPSA) is 21.3 Å². The van der Waals surface area contributed by atoms with Crippen LogP contribution in [0.1, 0.15) is 23.1 Å². The SMILES string of the molecule is CONCc1cc(Br)c2c(c1)CCC2. The third-order valence-electron chi connectivity index (χ3n) is 2.64. The summed E-state index contributed by atoms with van der Waals surface area (Å²) in [7, 11) is 1.64. The number of benzene rings is 1. The number of fused-ring (bicyclic) bond motifs is 1. The summed E-state index contributed by atoms with van der Waals surface area (Å²) in [6.45, 7) is 0.766. The molecule has 1 aliphatic carbocycles. The predicted octanol–water partition coefficient (Wildman–Crippen LogP) is 2.59. The molecule has 1 aromatic rings. The monoisotopic (exact) mass is 255 g/mol. The van der Waals surface area contributed by atoms with E-state index in [9.17, 15) is 0 Å². The molecule has 0 bridgehead atoms. The van der Waals surface area contributed by atoms with E-state index in [0.29, 0.717) is 0 Å². The van der Waals surface area contributed by atoms with Crippen molar-refractivity contribution in [1.29, 1.82) is 0 Å². The molecule has 0 aromatic heterocycles. The van der Waals surface area contributed by atoms with Gasteiger partial charge in [-0.2, -0.15) is 5.48 Å². The van der Waals surface area contributed by atoms with Gasteiger partial charge in [0.15, 0.2) is 0 Å². The first kappa shape index (κ1) is 10.1. The van der Waals surface area contributed by atoms with Gasteiger partial charge in [-0.15, -0.1) is 0 Å². The van der Waals surface area contributed by atoms with Crippen LogP contribution in [0, 0.1) is 0 Å². The van der Waals surface area contributed by atoms with Gasteiger partial charge in [-0.1, -0.05) is 22.0 Å². The van der Waals surface area contributed by atoms with E-state index >= 15 is 0 Å². The fraction of sp³-hybridized carbons (Fsp3) is 0.455. The third-order valence-corrected chi connectivity index (χ3v) is 3.35. The number of hydrogen-bond acceptors (Lipinski definition) is 2. The molecule has 0 saturated heterocycles. The zero-order chi connectivity index (χ0) is 9.97. The van der Waals surface area contributed by atoms with E-state index in [1.165, 1.54) is 40.4 Å². The fourth-order valence-electron chi connectivity index (χ4n) is 1.97. The molecular formula is C11H14BrNO. The average Bonchev–Trinajstić information content (AvgIpc) is 2.63. The molecule has 0 radical (unpaired) electrons. The van der Waals surface area contributed by atoms with Crippen LogP contribution in [0.3, 0.4) is 0 Å². The van der Waals surface area contributed by atoms with Crippen molar-refractivity contribution in [3.8, 4) is 0 Å². The lowest BCUT2D eigenvalue weighted by molar-refractivity contribution is 0.0867. The van der Waals surface area contributed by atoms with Gasteiger partial charge in [0, 0.05) is 11.0 Å². The van der Waals surface area contributed by atoms with Gasteiger partial charge in [0.2, 0.25) is 0 Å². The standard InChI is InChI=1S/C11H14BrNO/c1-14-13-7-8-5-9-3-2-4-10(9)11(12)6-8/h5-6,13H,2-4,7H2,1H3. The van der Waals surface area contributed by atoms with Gasteiger partial charge in [-0.05, 0) is 42.0 Å². The highest BCUT2D eigenvalue weighted by molar-refractivity contribution is 9.10. The largest absolute Gasteiger partial charge is 0.305 e. The second-order valence-electron chi connectivity index (χ2n) is 3.59. The first-order chi connectivity index (χ1) is 6.81. The molecule has 0 spiro atoms. The van der Waals surface area contributed by atoms with E-state index < -0.39 is 0 Å². The molecular weight excluding hydrogens is 242 g/mol. The van der Waals surface area contributed by atoms with Crippen LogP contribution < -0.4 is 5.48 Å². The Kier molecular flexibility index (Phi) is 3.21. The number of hydrogen-bond donors (Lipinski definition) is 1. The molecule has 3 heteroatoms. The van der Waals surface area contributed by atoms with Gasteiger partial charge < -0.3 is 4.84 Å². The van der Waals surface area contributed by atoms with Gasteiger partial charge >= 0.3 is 0 Å². The molecule has 2 nitrogen and oxygen atoms in total. The second kappa shape index (κ2) is 4.43. The molecule has 76 valence electrons. The van der Waals surface area contributed by atoms with E-state index in [4.69, 9.17) is 4.84 Å². The van der Waals surface area contributed by atoms with Crippen LogP contribution >= 0.6 is 15.9 Å². The zero-order valence-corrected chi connectivity index (χ0v) is 9.86. The van der Waals surface area contributed by atoms with E-state index in [0.717, 1.165) is 6.54 Å². The Hall–Kier alpha value is -0.380. The summed E-state index contributed by atoms with van der Waals surface area (Å²) in [5.74, 6) is 0.